The van der Waals surface area contributed by atoms with Crippen molar-refractivity contribution in [1.82, 2.24) is 0 Å². The summed E-state index contributed by atoms with van der Waals surface area (Å²) >= 11 is 0. The number of hydrogen-bond acceptors (Lipinski definition) is 15. The number of hydrogen-bond donors (Lipinski definition) is 7. The van der Waals surface area contributed by atoms with Gasteiger partial charge in [-0.15, -0.1) is 0 Å². The van der Waals surface area contributed by atoms with Crippen molar-refractivity contribution in [3.8, 4) is 0 Å². The Bertz CT molecular complexity index is 1000. The maximum atomic E-state index is 12.8. The Kier molecular flexibility index (Phi) is 27.6. The second kappa shape index (κ2) is 30.5. The first kappa shape index (κ1) is 50.6. The summed E-state index contributed by atoms with van der Waals surface area (Å²) in [7, 11) is 0. The molecule has 0 aromatic carbocycles. The summed E-state index contributed by atoms with van der Waals surface area (Å²) in [6.45, 7) is 2.53. The molecule has 15 heteroatoms. The van der Waals surface area contributed by atoms with Crippen molar-refractivity contribution in [2.24, 2.45) is 0 Å². The van der Waals surface area contributed by atoms with E-state index in [1.165, 1.54) is 77.0 Å². The summed E-state index contributed by atoms with van der Waals surface area (Å²) in [6.07, 6.45) is 6.02. The fourth-order valence-corrected chi connectivity index (χ4v) is 6.92. The number of carbonyl (C=O) groups is 2. The third-order valence-electron chi connectivity index (χ3n) is 10.6. The van der Waals surface area contributed by atoms with Crippen LogP contribution in [-0.4, -0.2) is 142 Å². The first-order valence-corrected chi connectivity index (χ1v) is 21.6. The zero-order valence-corrected chi connectivity index (χ0v) is 34.1. The summed E-state index contributed by atoms with van der Waals surface area (Å²) in [5.74, 6) is -0.924. The number of unbranched alkanes of at least 4 members (excludes halogenated alkanes) is 18. The summed E-state index contributed by atoms with van der Waals surface area (Å²) < 4.78 is 33.3. The Balaban J connectivity index is 1.86. The lowest BCUT2D eigenvalue weighted by molar-refractivity contribution is -0.332. The second-order valence-corrected chi connectivity index (χ2v) is 15.5. The SMILES string of the molecule is CCCCCCCCCCCCCCC(=O)OC[C@H](CO[C@@H]1O[C@H](CO[C@@H]2O[C@H](CO)[C@H](O)C(O)C2O)[C@H](O)C(O)C1O)OC(=O)CCCCCCCCCC. The van der Waals surface area contributed by atoms with E-state index in [0.29, 0.717) is 12.8 Å². The lowest BCUT2D eigenvalue weighted by Gasteiger charge is -2.42. The van der Waals surface area contributed by atoms with Crippen molar-refractivity contribution in [3.63, 3.8) is 0 Å². The lowest BCUT2D eigenvalue weighted by atomic mass is 9.98. The van der Waals surface area contributed by atoms with Crippen LogP contribution in [-0.2, 0) is 38.0 Å². The molecular weight excluding hydrogens is 732 g/mol. The molecule has 56 heavy (non-hydrogen) atoms. The molecule has 0 spiro atoms. The molecule has 11 atom stereocenters. The molecule has 2 aliphatic rings. The largest absolute Gasteiger partial charge is 0.462 e. The number of ether oxygens (including phenoxy) is 6. The van der Waals surface area contributed by atoms with E-state index in [-0.39, 0.29) is 26.1 Å². The Morgan fingerprint density at radius 1 is 0.500 bits per heavy atom. The number of rotatable bonds is 32. The van der Waals surface area contributed by atoms with Gasteiger partial charge in [0.05, 0.1) is 19.8 Å². The molecule has 0 aromatic rings. The Morgan fingerprint density at radius 2 is 0.911 bits per heavy atom. The van der Waals surface area contributed by atoms with Gasteiger partial charge in [-0.25, -0.2) is 0 Å². The van der Waals surface area contributed by atoms with Crippen LogP contribution >= 0.6 is 0 Å². The highest BCUT2D eigenvalue weighted by atomic mass is 16.7. The van der Waals surface area contributed by atoms with Crippen molar-refractivity contribution < 1.29 is 73.8 Å². The minimum absolute atomic E-state index is 0.170. The van der Waals surface area contributed by atoms with E-state index in [2.05, 4.69) is 13.8 Å². The van der Waals surface area contributed by atoms with E-state index >= 15 is 0 Å². The van der Waals surface area contributed by atoms with Crippen molar-refractivity contribution in [2.75, 3.05) is 26.4 Å². The van der Waals surface area contributed by atoms with Gasteiger partial charge in [0.2, 0.25) is 0 Å². The molecular formula is C41H76O15. The van der Waals surface area contributed by atoms with Gasteiger partial charge in [-0.1, -0.05) is 129 Å². The molecule has 2 heterocycles. The molecule has 2 fully saturated rings. The van der Waals surface area contributed by atoms with E-state index in [1.807, 2.05) is 0 Å². The molecule has 4 unspecified atom stereocenters. The molecule has 7 N–H and O–H groups in total. The van der Waals surface area contributed by atoms with Crippen LogP contribution in [0.25, 0.3) is 0 Å². The van der Waals surface area contributed by atoms with E-state index in [9.17, 15) is 45.3 Å². The quantitative estimate of drug-likeness (QED) is 0.0380. The molecule has 0 aliphatic carbocycles. The topological polar surface area (TPSA) is 231 Å². The van der Waals surface area contributed by atoms with Crippen LogP contribution in [0.2, 0.25) is 0 Å². The van der Waals surface area contributed by atoms with Gasteiger partial charge in [0.15, 0.2) is 18.7 Å². The van der Waals surface area contributed by atoms with Gasteiger partial charge in [0.1, 0.15) is 55.4 Å². The normalized spacial score (nSPS) is 28.6. The molecule has 2 saturated heterocycles. The van der Waals surface area contributed by atoms with Gasteiger partial charge in [-0.2, -0.15) is 0 Å². The maximum Gasteiger partial charge on any atom is 0.306 e. The van der Waals surface area contributed by atoms with Gasteiger partial charge < -0.3 is 64.2 Å². The van der Waals surface area contributed by atoms with Gasteiger partial charge >= 0.3 is 11.9 Å². The summed E-state index contributed by atoms with van der Waals surface area (Å²) in [6, 6.07) is 0. The molecule has 330 valence electrons. The van der Waals surface area contributed by atoms with Gasteiger partial charge in [0, 0.05) is 12.8 Å². The lowest BCUT2D eigenvalue weighted by Crippen LogP contribution is -2.61. The van der Waals surface area contributed by atoms with Gasteiger partial charge in [0.25, 0.3) is 0 Å². The second-order valence-electron chi connectivity index (χ2n) is 15.5. The number of carbonyl (C=O) groups excluding carboxylic acids is 2. The minimum atomic E-state index is -1.76. The molecule has 0 aromatic heterocycles. The minimum Gasteiger partial charge on any atom is -0.462 e. The zero-order chi connectivity index (χ0) is 41.1. The van der Waals surface area contributed by atoms with E-state index < -0.39 is 92.7 Å². The molecule has 0 radical (unpaired) electrons. The predicted molar refractivity (Wildman–Crippen MR) is 206 cm³/mol. The van der Waals surface area contributed by atoms with Crippen LogP contribution in [0.15, 0.2) is 0 Å². The van der Waals surface area contributed by atoms with Crippen LogP contribution < -0.4 is 0 Å². The van der Waals surface area contributed by atoms with Crippen LogP contribution in [0.1, 0.15) is 155 Å². The van der Waals surface area contributed by atoms with Crippen LogP contribution in [0.5, 0.6) is 0 Å². The Labute approximate surface area is 334 Å². The zero-order valence-electron chi connectivity index (χ0n) is 34.1. The molecule has 2 aliphatic heterocycles. The van der Waals surface area contributed by atoms with Crippen molar-refractivity contribution in [2.45, 2.75) is 223 Å². The third-order valence-corrected chi connectivity index (χ3v) is 10.6. The van der Waals surface area contributed by atoms with Crippen molar-refractivity contribution >= 4 is 11.9 Å². The average Bonchev–Trinajstić information content (AvgIpc) is 3.19. The average molecular weight is 809 g/mol. The third kappa shape index (κ3) is 20.0. The fraction of sp³-hybridized carbons (Fsp3) is 0.951. The monoisotopic (exact) mass is 809 g/mol. The fourth-order valence-electron chi connectivity index (χ4n) is 6.92. The highest BCUT2D eigenvalue weighted by molar-refractivity contribution is 5.70. The molecule has 0 bridgehead atoms. The van der Waals surface area contributed by atoms with E-state index in [0.717, 1.165) is 38.5 Å². The van der Waals surface area contributed by atoms with Gasteiger partial charge in [-0.3, -0.25) is 9.59 Å². The number of aliphatic hydroxyl groups excluding tert-OH is 7. The highest BCUT2D eigenvalue weighted by Gasteiger charge is 2.47. The first-order chi connectivity index (χ1) is 27.0. The first-order valence-electron chi connectivity index (χ1n) is 21.6. The number of esters is 2. The van der Waals surface area contributed by atoms with Crippen molar-refractivity contribution in [1.29, 1.82) is 0 Å². The van der Waals surface area contributed by atoms with Crippen LogP contribution in [0.3, 0.4) is 0 Å². The van der Waals surface area contributed by atoms with Crippen LogP contribution in [0.4, 0.5) is 0 Å². The Morgan fingerprint density at radius 3 is 1.39 bits per heavy atom. The molecule has 15 nitrogen and oxygen atoms in total. The molecule has 0 amide bonds. The smallest absolute Gasteiger partial charge is 0.306 e. The predicted octanol–water partition coefficient (Wildman–Crippen LogP) is 3.70. The highest BCUT2D eigenvalue weighted by Crippen LogP contribution is 2.26. The summed E-state index contributed by atoms with van der Waals surface area (Å²) in [4.78, 5) is 25.4. The van der Waals surface area contributed by atoms with Crippen LogP contribution in [0, 0.1) is 0 Å². The summed E-state index contributed by atoms with van der Waals surface area (Å²) in [5, 5.41) is 71.6. The van der Waals surface area contributed by atoms with Gasteiger partial charge in [-0.05, 0) is 12.8 Å². The Hall–Kier alpha value is -1.50. The standard InChI is InChI=1S/C41H76O15/c1-3-5-7-9-11-13-14-15-16-18-19-21-23-32(43)51-26-29(54-33(44)24-22-20-17-12-10-8-6-4-2)27-52-40-39(50)37(48)35(46)31(56-40)28-53-41-38(49)36(47)34(45)30(25-42)55-41/h29-31,34-42,45-50H,3-28H2,1-2H3/t29-,30-,31-,34+,35+,36?,37?,38?,39?,40-,41-/m1/s1. The molecule has 0 saturated carbocycles. The molecule has 2 rings (SSSR count). The summed E-state index contributed by atoms with van der Waals surface area (Å²) in [5.41, 5.74) is 0. The maximum absolute atomic E-state index is 12.8. The van der Waals surface area contributed by atoms with Crippen molar-refractivity contribution in [3.05, 3.63) is 0 Å². The number of aliphatic hydroxyl groups is 7. The van der Waals surface area contributed by atoms with E-state index in [1.54, 1.807) is 0 Å². The van der Waals surface area contributed by atoms with E-state index in [4.69, 9.17) is 28.4 Å².